The molecular formula is C18H19NO2. The first-order valence-corrected chi connectivity index (χ1v) is 7.34. The van der Waals surface area contributed by atoms with E-state index in [9.17, 15) is 9.90 Å². The van der Waals surface area contributed by atoms with Crippen LogP contribution in [0.3, 0.4) is 0 Å². The molecule has 3 heteroatoms. The lowest BCUT2D eigenvalue weighted by molar-refractivity contribution is 0.0694. The zero-order valence-corrected chi connectivity index (χ0v) is 12.0. The second kappa shape index (κ2) is 6.10. The van der Waals surface area contributed by atoms with Crippen LogP contribution in [-0.2, 0) is 19.5 Å². The molecule has 1 N–H and O–H groups in total. The molecule has 0 saturated heterocycles. The summed E-state index contributed by atoms with van der Waals surface area (Å²) < 4.78 is 0. The molecular weight excluding hydrogens is 262 g/mol. The molecule has 1 aliphatic heterocycles. The van der Waals surface area contributed by atoms with Gasteiger partial charge in [-0.1, -0.05) is 42.5 Å². The number of hydrogen-bond acceptors (Lipinski definition) is 2. The van der Waals surface area contributed by atoms with Gasteiger partial charge in [0.1, 0.15) is 0 Å². The minimum absolute atomic E-state index is 0.412. The minimum atomic E-state index is -0.846. The molecule has 0 unspecified atom stereocenters. The van der Waals surface area contributed by atoms with Crippen molar-refractivity contribution in [3.05, 3.63) is 70.8 Å². The van der Waals surface area contributed by atoms with Crippen LogP contribution in [0.25, 0.3) is 0 Å². The highest BCUT2D eigenvalue weighted by Crippen LogP contribution is 2.21. The number of aryl methyl sites for hydroxylation is 1. The standard InChI is InChI=1S/C18H19NO2/c20-18(21)17-10-4-3-8-16(17)13-19-11-5-9-14-6-1-2-7-15(14)12-19/h1-4,6-8,10H,5,9,11-13H2,(H,20,21). The summed E-state index contributed by atoms with van der Waals surface area (Å²) in [6.45, 7) is 2.59. The van der Waals surface area contributed by atoms with E-state index in [0.29, 0.717) is 12.1 Å². The van der Waals surface area contributed by atoms with Crippen molar-refractivity contribution >= 4 is 5.97 Å². The van der Waals surface area contributed by atoms with Crippen molar-refractivity contribution in [1.29, 1.82) is 0 Å². The van der Waals surface area contributed by atoms with Crippen LogP contribution in [0.2, 0.25) is 0 Å². The molecule has 1 aliphatic rings. The molecule has 0 fully saturated rings. The van der Waals surface area contributed by atoms with E-state index in [4.69, 9.17) is 0 Å². The predicted octanol–water partition coefficient (Wildman–Crippen LogP) is 3.33. The fraction of sp³-hybridized carbons (Fsp3) is 0.278. The van der Waals surface area contributed by atoms with Crippen LogP contribution in [-0.4, -0.2) is 22.5 Å². The van der Waals surface area contributed by atoms with E-state index in [-0.39, 0.29) is 0 Å². The number of benzene rings is 2. The molecule has 0 spiro atoms. The van der Waals surface area contributed by atoms with Crippen LogP contribution in [0.4, 0.5) is 0 Å². The number of carbonyl (C=O) groups is 1. The number of carboxylic acid groups (broad SMARTS) is 1. The summed E-state index contributed by atoms with van der Waals surface area (Å²) in [6, 6.07) is 15.8. The third-order valence-electron chi connectivity index (χ3n) is 4.07. The summed E-state index contributed by atoms with van der Waals surface area (Å²) in [5.41, 5.74) is 4.09. The molecule has 0 aliphatic carbocycles. The maximum Gasteiger partial charge on any atom is 0.336 e. The highest BCUT2D eigenvalue weighted by atomic mass is 16.4. The van der Waals surface area contributed by atoms with Crippen molar-refractivity contribution in [3.63, 3.8) is 0 Å². The summed E-state index contributed by atoms with van der Waals surface area (Å²) >= 11 is 0. The average Bonchev–Trinajstić information content (AvgIpc) is 2.69. The Hall–Kier alpha value is -2.13. The largest absolute Gasteiger partial charge is 0.478 e. The first-order chi connectivity index (χ1) is 10.2. The SMILES string of the molecule is O=C(O)c1ccccc1CN1CCCc2ccccc2C1. The van der Waals surface area contributed by atoms with Gasteiger partial charge in [-0.15, -0.1) is 0 Å². The molecule has 0 saturated carbocycles. The van der Waals surface area contributed by atoms with E-state index in [2.05, 4.69) is 29.2 Å². The van der Waals surface area contributed by atoms with Gasteiger partial charge < -0.3 is 5.11 Å². The molecule has 1 heterocycles. The number of carboxylic acids is 1. The zero-order valence-electron chi connectivity index (χ0n) is 12.0. The highest BCUT2D eigenvalue weighted by Gasteiger charge is 2.16. The normalized spacial score (nSPS) is 15.2. The quantitative estimate of drug-likeness (QED) is 0.938. The van der Waals surface area contributed by atoms with Crippen molar-refractivity contribution in [2.75, 3.05) is 6.54 Å². The van der Waals surface area contributed by atoms with Gasteiger partial charge in [0, 0.05) is 13.1 Å². The Kier molecular flexibility index (Phi) is 4.02. The monoisotopic (exact) mass is 281 g/mol. The number of hydrogen-bond donors (Lipinski definition) is 1. The predicted molar refractivity (Wildman–Crippen MR) is 82.3 cm³/mol. The molecule has 3 rings (SSSR count). The van der Waals surface area contributed by atoms with Gasteiger partial charge in [0.25, 0.3) is 0 Å². The molecule has 0 amide bonds. The van der Waals surface area contributed by atoms with Crippen molar-refractivity contribution in [3.8, 4) is 0 Å². The van der Waals surface area contributed by atoms with Crippen LogP contribution in [0.1, 0.15) is 33.5 Å². The second-order valence-corrected chi connectivity index (χ2v) is 5.55. The first kappa shape index (κ1) is 13.8. The zero-order chi connectivity index (χ0) is 14.7. The number of rotatable bonds is 3. The Morgan fingerprint density at radius 3 is 2.57 bits per heavy atom. The third kappa shape index (κ3) is 3.14. The Morgan fingerprint density at radius 2 is 1.76 bits per heavy atom. The number of nitrogens with zero attached hydrogens (tertiary/aromatic N) is 1. The van der Waals surface area contributed by atoms with Gasteiger partial charge in [0.15, 0.2) is 0 Å². The fourth-order valence-electron chi connectivity index (χ4n) is 3.01. The van der Waals surface area contributed by atoms with E-state index in [1.165, 1.54) is 11.1 Å². The Morgan fingerprint density at radius 1 is 1.05 bits per heavy atom. The van der Waals surface area contributed by atoms with Crippen LogP contribution >= 0.6 is 0 Å². The lowest BCUT2D eigenvalue weighted by Gasteiger charge is -2.21. The molecule has 0 aromatic heterocycles. The summed E-state index contributed by atoms with van der Waals surface area (Å²) in [4.78, 5) is 13.7. The van der Waals surface area contributed by atoms with Crippen molar-refractivity contribution < 1.29 is 9.90 Å². The molecule has 21 heavy (non-hydrogen) atoms. The molecule has 3 nitrogen and oxygen atoms in total. The van der Waals surface area contributed by atoms with Crippen LogP contribution in [0, 0.1) is 0 Å². The molecule has 2 aromatic rings. The molecule has 2 aromatic carbocycles. The third-order valence-corrected chi connectivity index (χ3v) is 4.07. The average molecular weight is 281 g/mol. The van der Waals surface area contributed by atoms with Gasteiger partial charge in [0.2, 0.25) is 0 Å². The molecule has 0 bridgehead atoms. The first-order valence-electron chi connectivity index (χ1n) is 7.34. The van der Waals surface area contributed by atoms with Crippen LogP contribution in [0.5, 0.6) is 0 Å². The van der Waals surface area contributed by atoms with Gasteiger partial charge in [-0.25, -0.2) is 4.79 Å². The topological polar surface area (TPSA) is 40.5 Å². The van der Waals surface area contributed by atoms with E-state index < -0.39 is 5.97 Å². The van der Waals surface area contributed by atoms with E-state index in [0.717, 1.165) is 31.5 Å². The van der Waals surface area contributed by atoms with Crippen LogP contribution in [0.15, 0.2) is 48.5 Å². The molecule has 0 atom stereocenters. The Labute approximate surface area is 124 Å². The summed E-state index contributed by atoms with van der Waals surface area (Å²) in [6.07, 6.45) is 2.22. The smallest absolute Gasteiger partial charge is 0.336 e. The summed E-state index contributed by atoms with van der Waals surface area (Å²) in [5, 5.41) is 9.29. The summed E-state index contributed by atoms with van der Waals surface area (Å²) in [5.74, 6) is -0.846. The maximum absolute atomic E-state index is 11.3. The Bertz CT molecular complexity index is 651. The maximum atomic E-state index is 11.3. The lowest BCUT2D eigenvalue weighted by atomic mass is 10.0. The van der Waals surface area contributed by atoms with Gasteiger partial charge in [0.05, 0.1) is 5.56 Å². The molecule has 108 valence electrons. The highest BCUT2D eigenvalue weighted by molar-refractivity contribution is 5.89. The lowest BCUT2D eigenvalue weighted by Crippen LogP contribution is -2.24. The van der Waals surface area contributed by atoms with Gasteiger partial charge in [-0.3, -0.25) is 4.90 Å². The van der Waals surface area contributed by atoms with Crippen molar-refractivity contribution in [2.45, 2.75) is 25.9 Å². The fourth-order valence-corrected chi connectivity index (χ4v) is 3.01. The second-order valence-electron chi connectivity index (χ2n) is 5.55. The molecule has 0 radical (unpaired) electrons. The minimum Gasteiger partial charge on any atom is -0.478 e. The van der Waals surface area contributed by atoms with Gasteiger partial charge >= 0.3 is 5.97 Å². The van der Waals surface area contributed by atoms with Crippen molar-refractivity contribution in [2.24, 2.45) is 0 Å². The van der Waals surface area contributed by atoms with E-state index in [1.807, 2.05) is 12.1 Å². The van der Waals surface area contributed by atoms with Gasteiger partial charge in [-0.2, -0.15) is 0 Å². The van der Waals surface area contributed by atoms with Crippen LogP contribution < -0.4 is 0 Å². The van der Waals surface area contributed by atoms with E-state index >= 15 is 0 Å². The Balaban J connectivity index is 1.81. The summed E-state index contributed by atoms with van der Waals surface area (Å²) in [7, 11) is 0. The van der Waals surface area contributed by atoms with E-state index in [1.54, 1.807) is 12.1 Å². The van der Waals surface area contributed by atoms with Gasteiger partial charge in [-0.05, 0) is 42.1 Å². The number of aromatic carboxylic acids is 1. The number of fused-ring (bicyclic) bond motifs is 1. The van der Waals surface area contributed by atoms with Crippen molar-refractivity contribution in [1.82, 2.24) is 4.90 Å².